The highest BCUT2D eigenvalue weighted by molar-refractivity contribution is 6.33. The third-order valence-electron chi connectivity index (χ3n) is 11.6. The maximum absolute atomic E-state index is 14.1. The Morgan fingerprint density at radius 3 is 2.31 bits per heavy atom. The average molecular weight is 678 g/mol. The lowest BCUT2D eigenvalue weighted by Crippen LogP contribution is -2.57. The maximum Gasteiger partial charge on any atom is 0.410 e. The fourth-order valence-corrected chi connectivity index (χ4v) is 8.89. The molecule has 3 N–H and O–H groups in total. The zero-order valence-corrected chi connectivity index (χ0v) is 28.8. The van der Waals surface area contributed by atoms with Gasteiger partial charge in [-0.05, 0) is 81.3 Å². The van der Waals surface area contributed by atoms with Gasteiger partial charge in [0.05, 0.1) is 10.7 Å². The van der Waals surface area contributed by atoms with Gasteiger partial charge >= 0.3 is 12.1 Å². The molecule has 12 heteroatoms. The van der Waals surface area contributed by atoms with E-state index in [-0.39, 0.29) is 24.4 Å². The smallest absolute Gasteiger partial charge is 0.410 e. The minimum Gasteiger partial charge on any atom is -0.436 e. The van der Waals surface area contributed by atoms with Crippen LogP contribution in [0.25, 0.3) is 0 Å². The number of nitrogens with zero attached hydrogens (tertiary/aromatic N) is 5. The SMILES string of the molecule is Cc1cc(C[C@@H](OC(=O)N2CCC(N3Cc4ccccc4NC3=O)CC2)C(=O)N2CCN(C3CC4CCC(C3)N4C)CC2)cc(Cl)c1N. The highest BCUT2D eigenvalue weighted by Crippen LogP contribution is 2.37. The number of benzene rings is 2. The normalized spacial score (nSPS) is 25.9. The minimum atomic E-state index is -0.982. The number of carbonyl (C=O) groups is 3. The van der Waals surface area contributed by atoms with E-state index >= 15 is 0 Å². The molecule has 11 nitrogen and oxygen atoms in total. The highest BCUT2D eigenvalue weighted by Gasteiger charge is 2.42. The van der Waals surface area contributed by atoms with Gasteiger partial charge in [0, 0.05) is 82.1 Å². The van der Waals surface area contributed by atoms with Crippen molar-refractivity contribution in [1.82, 2.24) is 24.5 Å². The Hall–Kier alpha value is -3.54. The quantitative estimate of drug-likeness (QED) is 0.431. The summed E-state index contributed by atoms with van der Waals surface area (Å²) in [6, 6.07) is 13.3. The number of nitrogens with one attached hydrogen (secondary N) is 1. The van der Waals surface area contributed by atoms with Crippen molar-refractivity contribution in [3.8, 4) is 0 Å². The summed E-state index contributed by atoms with van der Waals surface area (Å²) in [6.45, 7) is 6.20. The van der Waals surface area contributed by atoms with E-state index in [1.807, 2.05) is 47.1 Å². The molecule has 0 aromatic heterocycles. The standard InChI is InChI=1S/C36H48ClN7O4/c1-23-17-24(18-30(37)33(23)38)19-32(34(45)42-15-13-41(14-16-42)29-20-27-7-8-28(21-29)40(27)2)48-36(47)43-11-9-26(10-12-43)44-22-25-5-3-4-6-31(25)39-35(44)46/h3-6,17-18,26-29,32H,7-16,19-22,38H2,1-2H3,(H,39,46)/t27?,28?,29?,32-/m1/s1. The first-order chi connectivity index (χ1) is 23.1. The van der Waals surface area contributed by atoms with Crippen LogP contribution in [-0.2, 0) is 22.5 Å². The summed E-state index contributed by atoms with van der Waals surface area (Å²) in [5.41, 5.74) is 10.2. The van der Waals surface area contributed by atoms with Crippen molar-refractivity contribution in [1.29, 1.82) is 0 Å². The number of rotatable bonds is 6. The summed E-state index contributed by atoms with van der Waals surface area (Å²) >= 11 is 6.42. The predicted molar refractivity (Wildman–Crippen MR) is 186 cm³/mol. The number of likely N-dealkylation sites (tertiary alicyclic amines) is 1. The van der Waals surface area contributed by atoms with Gasteiger partial charge in [0.2, 0.25) is 0 Å². The lowest BCUT2D eigenvalue weighted by molar-refractivity contribution is -0.143. The molecular formula is C36H48ClN7O4. The van der Waals surface area contributed by atoms with Crippen LogP contribution in [-0.4, -0.2) is 119 Å². The number of fused-ring (bicyclic) bond motifs is 3. The van der Waals surface area contributed by atoms with Crippen molar-refractivity contribution in [2.75, 3.05) is 57.4 Å². The Morgan fingerprint density at radius 2 is 1.62 bits per heavy atom. The third kappa shape index (κ3) is 6.69. The summed E-state index contributed by atoms with van der Waals surface area (Å²) in [7, 11) is 2.26. The molecule has 2 aromatic rings. The van der Waals surface area contributed by atoms with E-state index in [0.29, 0.717) is 74.4 Å². The number of hydrogen-bond acceptors (Lipinski definition) is 7. The molecule has 2 unspecified atom stereocenters. The van der Waals surface area contributed by atoms with E-state index < -0.39 is 12.2 Å². The number of amides is 4. The van der Waals surface area contributed by atoms with Gasteiger partial charge in [-0.1, -0.05) is 35.9 Å². The molecule has 7 rings (SSSR count). The van der Waals surface area contributed by atoms with Crippen molar-refractivity contribution < 1.29 is 19.1 Å². The summed E-state index contributed by atoms with van der Waals surface area (Å²) < 4.78 is 6.07. The molecule has 258 valence electrons. The molecule has 2 bridgehead atoms. The number of piperidine rings is 2. The molecule has 0 saturated carbocycles. The van der Waals surface area contributed by atoms with Gasteiger partial charge < -0.3 is 35.4 Å². The lowest BCUT2D eigenvalue weighted by atomic mass is 9.96. The first kappa shape index (κ1) is 33.0. The summed E-state index contributed by atoms with van der Waals surface area (Å²) in [4.78, 5) is 51.1. The highest BCUT2D eigenvalue weighted by atomic mass is 35.5. The van der Waals surface area contributed by atoms with E-state index in [0.717, 1.165) is 35.5 Å². The first-order valence-corrected chi connectivity index (χ1v) is 17.9. The van der Waals surface area contributed by atoms with E-state index in [9.17, 15) is 14.4 Å². The number of nitrogens with two attached hydrogens (primary N) is 1. The van der Waals surface area contributed by atoms with Crippen molar-refractivity contribution in [2.24, 2.45) is 0 Å². The van der Waals surface area contributed by atoms with E-state index in [1.165, 1.54) is 25.7 Å². The van der Waals surface area contributed by atoms with Gasteiger partial charge in [0.15, 0.2) is 6.10 Å². The van der Waals surface area contributed by atoms with Gasteiger partial charge in [-0.25, -0.2) is 9.59 Å². The van der Waals surface area contributed by atoms with Crippen LogP contribution in [0.3, 0.4) is 0 Å². The first-order valence-electron chi connectivity index (χ1n) is 17.5. The number of carbonyl (C=O) groups excluding carboxylic acids is 3. The van der Waals surface area contributed by atoms with Gasteiger partial charge in [0.1, 0.15) is 0 Å². The Bertz CT molecular complexity index is 1500. The number of hydrogen-bond donors (Lipinski definition) is 2. The van der Waals surface area contributed by atoms with E-state index in [4.69, 9.17) is 22.1 Å². The zero-order chi connectivity index (χ0) is 33.5. The van der Waals surface area contributed by atoms with Gasteiger partial charge in [-0.3, -0.25) is 9.69 Å². The number of halogens is 1. The van der Waals surface area contributed by atoms with Gasteiger partial charge in [-0.15, -0.1) is 0 Å². The zero-order valence-electron chi connectivity index (χ0n) is 28.1. The number of piperazine rings is 1. The summed E-state index contributed by atoms with van der Waals surface area (Å²) in [6.07, 6.45) is 4.98. The second-order valence-corrected chi connectivity index (χ2v) is 14.8. The largest absolute Gasteiger partial charge is 0.436 e. The fourth-order valence-electron chi connectivity index (χ4n) is 8.60. The van der Waals surface area contributed by atoms with Crippen LogP contribution in [0.1, 0.15) is 55.2 Å². The molecule has 4 amide bonds. The van der Waals surface area contributed by atoms with E-state index in [2.05, 4.69) is 22.2 Å². The number of para-hydroxylation sites is 1. The maximum atomic E-state index is 14.1. The van der Waals surface area contributed by atoms with Crippen molar-refractivity contribution >= 4 is 41.0 Å². The van der Waals surface area contributed by atoms with Crippen LogP contribution in [0.5, 0.6) is 0 Å². The number of ether oxygens (including phenoxy) is 1. The van der Waals surface area contributed by atoms with Gasteiger partial charge in [0.25, 0.3) is 5.91 Å². The predicted octanol–water partition coefficient (Wildman–Crippen LogP) is 4.56. The van der Waals surface area contributed by atoms with Gasteiger partial charge in [-0.2, -0.15) is 0 Å². The van der Waals surface area contributed by atoms with E-state index in [1.54, 1.807) is 11.0 Å². The average Bonchev–Trinajstić information content (AvgIpc) is 3.28. The second-order valence-electron chi connectivity index (χ2n) is 14.4. The Balaban J connectivity index is 0.987. The molecule has 3 atom stereocenters. The molecule has 5 aliphatic heterocycles. The lowest BCUT2D eigenvalue weighted by Gasteiger charge is -2.45. The number of anilines is 2. The van der Waals surface area contributed by atoms with Crippen LogP contribution in [0.4, 0.5) is 21.0 Å². The molecule has 0 spiro atoms. The Morgan fingerprint density at radius 1 is 0.938 bits per heavy atom. The molecule has 4 fully saturated rings. The molecule has 5 aliphatic rings. The van der Waals surface area contributed by atoms with Crippen molar-refractivity contribution in [2.45, 2.75) is 88.7 Å². The molecular weight excluding hydrogens is 630 g/mol. The van der Waals surface area contributed by atoms with Crippen molar-refractivity contribution in [3.05, 3.63) is 58.1 Å². The minimum absolute atomic E-state index is 0.00998. The number of urea groups is 1. The molecule has 4 saturated heterocycles. The Kier molecular flexibility index (Phi) is 9.45. The fraction of sp³-hybridized carbons (Fsp3) is 0.583. The van der Waals surface area contributed by atoms with Crippen LogP contribution in [0.2, 0.25) is 5.02 Å². The number of aryl methyl sites for hydroxylation is 1. The second kappa shape index (κ2) is 13.8. The molecule has 2 aromatic carbocycles. The van der Waals surface area contributed by atoms with Crippen LogP contribution in [0, 0.1) is 6.92 Å². The summed E-state index contributed by atoms with van der Waals surface area (Å²) in [5, 5.41) is 3.42. The monoisotopic (exact) mass is 677 g/mol. The molecule has 5 heterocycles. The number of nitrogen functional groups attached to an aromatic ring is 1. The van der Waals surface area contributed by atoms with Crippen LogP contribution in [0.15, 0.2) is 36.4 Å². The topological polar surface area (TPSA) is 115 Å². The van der Waals surface area contributed by atoms with Crippen molar-refractivity contribution in [3.63, 3.8) is 0 Å². The Labute approximate surface area is 288 Å². The van der Waals surface area contributed by atoms with Crippen LogP contribution >= 0.6 is 11.6 Å². The molecule has 48 heavy (non-hydrogen) atoms. The molecule has 0 aliphatic carbocycles. The molecule has 0 radical (unpaired) electrons. The third-order valence-corrected chi connectivity index (χ3v) is 11.9. The van der Waals surface area contributed by atoms with Crippen LogP contribution < -0.4 is 11.1 Å². The summed E-state index contributed by atoms with van der Waals surface area (Å²) in [5.74, 6) is -0.171.